The van der Waals surface area contributed by atoms with Crippen LogP contribution < -0.4 is 11.5 Å². The summed E-state index contributed by atoms with van der Waals surface area (Å²) < 4.78 is 0. The van der Waals surface area contributed by atoms with Gasteiger partial charge < -0.3 is 11.5 Å². The monoisotopic (exact) mass is 200 g/mol. The highest BCUT2D eigenvalue weighted by molar-refractivity contribution is 4.79. The summed E-state index contributed by atoms with van der Waals surface area (Å²) in [5.74, 6) is 1.24. The fraction of sp³-hybridized carbons (Fsp3) is 1.00. The van der Waals surface area contributed by atoms with Crippen LogP contribution in [0.1, 0.15) is 52.9 Å². The van der Waals surface area contributed by atoms with Crippen molar-refractivity contribution >= 4 is 0 Å². The molecular weight excluding hydrogens is 172 g/mol. The quantitative estimate of drug-likeness (QED) is 0.632. The second-order valence-electron chi connectivity index (χ2n) is 4.28. The van der Waals surface area contributed by atoms with Crippen molar-refractivity contribution in [1.29, 1.82) is 0 Å². The number of unbranched alkanes of at least 4 members (excludes halogenated alkanes) is 1. The average Bonchev–Trinajstić information content (AvgIpc) is 2.22. The first-order valence-corrected chi connectivity index (χ1v) is 6.16. The van der Waals surface area contributed by atoms with E-state index < -0.39 is 0 Å². The van der Waals surface area contributed by atoms with Gasteiger partial charge in [-0.3, -0.25) is 0 Å². The topological polar surface area (TPSA) is 52.0 Å². The van der Waals surface area contributed by atoms with Crippen LogP contribution in [0.3, 0.4) is 0 Å². The number of nitrogens with two attached hydrogens (primary N) is 2. The van der Waals surface area contributed by atoms with Crippen LogP contribution in [-0.4, -0.2) is 12.6 Å². The minimum atomic E-state index is 0.310. The number of hydrogen-bond acceptors (Lipinski definition) is 2. The highest BCUT2D eigenvalue weighted by Gasteiger charge is 2.22. The lowest BCUT2D eigenvalue weighted by Crippen LogP contribution is -2.39. The Morgan fingerprint density at radius 3 is 2.00 bits per heavy atom. The van der Waals surface area contributed by atoms with Gasteiger partial charge in [0.2, 0.25) is 0 Å². The number of hydrogen-bond donors (Lipinski definition) is 2. The molecule has 2 unspecified atom stereocenters. The maximum absolute atomic E-state index is 6.19. The molecule has 0 heterocycles. The van der Waals surface area contributed by atoms with Gasteiger partial charge in [0.1, 0.15) is 0 Å². The van der Waals surface area contributed by atoms with Crippen molar-refractivity contribution in [2.24, 2.45) is 23.3 Å². The standard InChI is InChI=1S/C12H28N2/c1-4-7-8-12(14)11(9-13)10(5-2)6-3/h10-12H,4-9,13-14H2,1-3H3. The van der Waals surface area contributed by atoms with E-state index in [0.29, 0.717) is 17.9 Å². The Bertz CT molecular complexity index is 121. The lowest BCUT2D eigenvalue weighted by atomic mass is 9.81. The lowest BCUT2D eigenvalue weighted by Gasteiger charge is -2.29. The minimum absolute atomic E-state index is 0.310. The molecule has 86 valence electrons. The van der Waals surface area contributed by atoms with Gasteiger partial charge in [-0.1, -0.05) is 46.5 Å². The van der Waals surface area contributed by atoms with Crippen LogP contribution in [0.2, 0.25) is 0 Å². The Kier molecular flexibility index (Phi) is 8.20. The second-order valence-corrected chi connectivity index (χ2v) is 4.28. The summed E-state index contributed by atoms with van der Waals surface area (Å²) in [7, 11) is 0. The van der Waals surface area contributed by atoms with Crippen LogP contribution in [-0.2, 0) is 0 Å². The summed E-state index contributed by atoms with van der Waals surface area (Å²) in [6.07, 6.45) is 6.01. The first-order valence-electron chi connectivity index (χ1n) is 6.16. The van der Waals surface area contributed by atoms with Crippen LogP contribution in [0.15, 0.2) is 0 Å². The van der Waals surface area contributed by atoms with Crippen molar-refractivity contribution < 1.29 is 0 Å². The zero-order valence-electron chi connectivity index (χ0n) is 10.1. The maximum atomic E-state index is 6.19. The Morgan fingerprint density at radius 1 is 1.07 bits per heavy atom. The predicted octanol–water partition coefficient (Wildman–Crippen LogP) is 2.52. The first kappa shape index (κ1) is 13.9. The molecule has 0 saturated carbocycles. The molecule has 0 radical (unpaired) electrons. The van der Waals surface area contributed by atoms with Crippen LogP contribution in [0.25, 0.3) is 0 Å². The van der Waals surface area contributed by atoms with Gasteiger partial charge >= 0.3 is 0 Å². The van der Waals surface area contributed by atoms with Gasteiger partial charge in [0.25, 0.3) is 0 Å². The van der Waals surface area contributed by atoms with Gasteiger partial charge in [0.05, 0.1) is 0 Å². The normalized spacial score (nSPS) is 15.9. The molecule has 0 bridgehead atoms. The Labute approximate surface area is 89.4 Å². The van der Waals surface area contributed by atoms with E-state index in [9.17, 15) is 0 Å². The molecule has 0 aliphatic heterocycles. The van der Waals surface area contributed by atoms with Crippen LogP contribution in [0.4, 0.5) is 0 Å². The summed E-state index contributed by atoms with van der Waals surface area (Å²) in [5.41, 5.74) is 12.0. The molecule has 0 amide bonds. The van der Waals surface area contributed by atoms with E-state index in [4.69, 9.17) is 11.5 Å². The minimum Gasteiger partial charge on any atom is -0.330 e. The third kappa shape index (κ3) is 4.43. The summed E-state index contributed by atoms with van der Waals surface area (Å²) >= 11 is 0. The largest absolute Gasteiger partial charge is 0.330 e. The van der Waals surface area contributed by atoms with E-state index >= 15 is 0 Å². The third-order valence-corrected chi connectivity index (χ3v) is 3.37. The zero-order valence-corrected chi connectivity index (χ0v) is 10.1. The van der Waals surface area contributed by atoms with E-state index in [1.54, 1.807) is 0 Å². The van der Waals surface area contributed by atoms with Crippen LogP contribution in [0, 0.1) is 11.8 Å². The van der Waals surface area contributed by atoms with Gasteiger partial charge in [-0.05, 0) is 24.8 Å². The molecular formula is C12H28N2. The van der Waals surface area contributed by atoms with Crippen molar-refractivity contribution in [3.63, 3.8) is 0 Å². The van der Waals surface area contributed by atoms with E-state index in [1.807, 2.05) is 0 Å². The molecule has 0 aromatic carbocycles. The predicted molar refractivity (Wildman–Crippen MR) is 64.1 cm³/mol. The second kappa shape index (κ2) is 8.25. The van der Waals surface area contributed by atoms with E-state index in [0.717, 1.165) is 13.0 Å². The molecule has 0 aliphatic carbocycles. The molecule has 0 aliphatic rings. The van der Waals surface area contributed by atoms with Crippen molar-refractivity contribution in [1.82, 2.24) is 0 Å². The molecule has 0 aromatic rings. The van der Waals surface area contributed by atoms with Gasteiger partial charge in [-0.15, -0.1) is 0 Å². The Hall–Kier alpha value is -0.0800. The SMILES string of the molecule is CCCCC(N)C(CN)C(CC)CC. The van der Waals surface area contributed by atoms with Gasteiger partial charge in [-0.2, -0.15) is 0 Å². The summed E-state index contributed by atoms with van der Waals surface area (Å²) in [4.78, 5) is 0. The van der Waals surface area contributed by atoms with Gasteiger partial charge in [0.15, 0.2) is 0 Å². The lowest BCUT2D eigenvalue weighted by molar-refractivity contribution is 0.260. The highest BCUT2D eigenvalue weighted by atomic mass is 14.7. The fourth-order valence-corrected chi connectivity index (χ4v) is 2.26. The Balaban J connectivity index is 4.07. The molecule has 0 rings (SSSR count). The molecule has 2 nitrogen and oxygen atoms in total. The fourth-order valence-electron chi connectivity index (χ4n) is 2.26. The van der Waals surface area contributed by atoms with Gasteiger partial charge in [0, 0.05) is 6.04 Å². The van der Waals surface area contributed by atoms with Crippen molar-refractivity contribution in [2.75, 3.05) is 6.54 Å². The molecule has 0 fully saturated rings. The maximum Gasteiger partial charge on any atom is 0.00818 e. The highest BCUT2D eigenvalue weighted by Crippen LogP contribution is 2.23. The van der Waals surface area contributed by atoms with Crippen molar-refractivity contribution in [2.45, 2.75) is 58.9 Å². The summed E-state index contributed by atoms with van der Waals surface area (Å²) in [5, 5.41) is 0. The molecule has 0 spiro atoms. The molecule has 0 saturated heterocycles. The Morgan fingerprint density at radius 2 is 1.64 bits per heavy atom. The zero-order chi connectivity index (χ0) is 11.0. The first-order chi connectivity index (χ1) is 6.71. The van der Waals surface area contributed by atoms with Crippen LogP contribution in [0.5, 0.6) is 0 Å². The summed E-state index contributed by atoms with van der Waals surface area (Å²) in [6, 6.07) is 0.310. The average molecular weight is 200 g/mol. The van der Waals surface area contributed by atoms with Gasteiger partial charge in [-0.25, -0.2) is 0 Å². The smallest absolute Gasteiger partial charge is 0.00818 e. The van der Waals surface area contributed by atoms with E-state index in [1.165, 1.54) is 25.7 Å². The van der Waals surface area contributed by atoms with Crippen molar-refractivity contribution in [3.8, 4) is 0 Å². The van der Waals surface area contributed by atoms with E-state index in [2.05, 4.69) is 20.8 Å². The molecule has 0 aromatic heterocycles. The van der Waals surface area contributed by atoms with Crippen LogP contribution >= 0.6 is 0 Å². The molecule has 14 heavy (non-hydrogen) atoms. The molecule has 2 atom stereocenters. The third-order valence-electron chi connectivity index (χ3n) is 3.37. The van der Waals surface area contributed by atoms with E-state index in [-0.39, 0.29) is 0 Å². The molecule has 2 heteroatoms. The number of rotatable bonds is 8. The summed E-state index contributed by atoms with van der Waals surface area (Å²) in [6.45, 7) is 7.44. The molecule has 4 N–H and O–H groups in total. The van der Waals surface area contributed by atoms with Crippen molar-refractivity contribution in [3.05, 3.63) is 0 Å².